The van der Waals surface area contributed by atoms with Crippen LogP contribution in [-0.2, 0) is 4.79 Å². The van der Waals surface area contributed by atoms with Gasteiger partial charge in [0.25, 0.3) is 5.91 Å². The predicted octanol–water partition coefficient (Wildman–Crippen LogP) is 4.70. The summed E-state index contributed by atoms with van der Waals surface area (Å²) in [5, 5.41) is 3.37. The molecular weight excluding hydrogens is 372 g/mol. The molecule has 2 aromatic carbocycles. The summed E-state index contributed by atoms with van der Waals surface area (Å²) in [7, 11) is 0. The summed E-state index contributed by atoms with van der Waals surface area (Å²) in [5.74, 6) is 0.253. The predicted molar refractivity (Wildman–Crippen MR) is 107 cm³/mol. The molecule has 1 atom stereocenters. The van der Waals surface area contributed by atoms with Gasteiger partial charge < -0.3 is 10.1 Å². The summed E-state index contributed by atoms with van der Waals surface area (Å²) in [6.45, 7) is 5.61. The van der Waals surface area contributed by atoms with Crippen LogP contribution in [0.25, 0.3) is 10.2 Å². The average molecular weight is 391 g/mol. The quantitative estimate of drug-likeness (QED) is 0.686. The second kappa shape index (κ2) is 7.51. The Morgan fingerprint density at radius 2 is 1.96 bits per heavy atom. The van der Waals surface area contributed by atoms with E-state index in [-0.39, 0.29) is 16.8 Å². The van der Waals surface area contributed by atoms with Crippen LogP contribution in [0.2, 0.25) is 5.02 Å². The fourth-order valence-corrected chi connectivity index (χ4v) is 3.88. The third-order valence-corrected chi connectivity index (χ3v) is 5.03. The lowest BCUT2D eigenvalue weighted by Crippen LogP contribution is -2.30. The van der Waals surface area contributed by atoms with Gasteiger partial charge in [0, 0.05) is 16.8 Å². The minimum absolute atomic E-state index is 0.00358. The van der Waals surface area contributed by atoms with Crippen molar-refractivity contribution in [2.45, 2.75) is 32.9 Å². The highest BCUT2D eigenvalue weighted by molar-refractivity contribution is 7.16. The van der Waals surface area contributed by atoms with Gasteiger partial charge in [0.15, 0.2) is 6.10 Å². The second-order valence-electron chi connectivity index (χ2n) is 6.22. The Morgan fingerprint density at radius 1 is 1.19 bits per heavy atom. The van der Waals surface area contributed by atoms with Crippen LogP contribution < -0.4 is 14.9 Å². The Morgan fingerprint density at radius 3 is 2.65 bits per heavy atom. The molecule has 0 aliphatic heterocycles. The number of carbonyl (C=O) groups excluding carboxylic acids is 1. The van der Waals surface area contributed by atoms with Gasteiger partial charge in [0.1, 0.15) is 5.75 Å². The van der Waals surface area contributed by atoms with Crippen molar-refractivity contribution in [2.24, 2.45) is 0 Å². The lowest BCUT2D eigenvalue weighted by molar-refractivity contribution is -0.122. The van der Waals surface area contributed by atoms with Gasteiger partial charge in [0.2, 0.25) is 0 Å². The highest BCUT2D eigenvalue weighted by Crippen LogP contribution is 2.24. The van der Waals surface area contributed by atoms with Crippen molar-refractivity contribution in [1.29, 1.82) is 0 Å². The zero-order valence-electron chi connectivity index (χ0n) is 14.7. The smallest absolute Gasteiger partial charge is 0.308 e. The van der Waals surface area contributed by atoms with Crippen LogP contribution in [-0.4, -0.2) is 16.6 Å². The fraction of sp³-hybridized carbons (Fsp3) is 0.263. The molecule has 3 aromatic rings. The monoisotopic (exact) mass is 390 g/mol. The number of carbonyl (C=O) groups is 1. The summed E-state index contributed by atoms with van der Waals surface area (Å²) in [6, 6.07) is 12.4. The molecule has 5 nitrogen and oxygen atoms in total. The zero-order valence-corrected chi connectivity index (χ0v) is 16.2. The number of nitrogens with one attached hydrogen (secondary N) is 1. The highest BCUT2D eigenvalue weighted by atomic mass is 35.5. The Bertz CT molecular complexity index is 1010. The second-order valence-corrected chi connectivity index (χ2v) is 7.65. The molecule has 0 saturated carbocycles. The van der Waals surface area contributed by atoms with Crippen molar-refractivity contribution >= 4 is 44.7 Å². The molecule has 0 bridgehead atoms. The molecule has 1 heterocycles. The van der Waals surface area contributed by atoms with Crippen LogP contribution in [0.1, 0.15) is 26.8 Å². The minimum atomic E-state index is -0.692. The number of nitrogens with zero attached hydrogens (tertiary/aromatic N) is 1. The van der Waals surface area contributed by atoms with E-state index >= 15 is 0 Å². The number of aromatic nitrogens is 1. The van der Waals surface area contributed by atoms with Crippen molar-refractivity contribution in [3.8, 4) is 5.75 Å². The number of rotatable bonds is 5. The number of halogens is 1. The largest absolute Gasteiger partial charge is 0.481 e. The third kappa shape index (κ3) is 3.92. The Balaban J connectivity index is 1.75. The van der Waals surface area contributed by atoms with Crippen LogP contribution in [0.3, 0.4) is 0 Å². The van der Waals surface area contributed by atoms with E-state index < -0.39 is 6.10 Å². The van der Waals surface area contributed by atoms with Crippen molar-refractivity contribution in [3.63, 3.8) is 0 Å². The van der Waals surface area contributed by atoms with Gasteiger partial charge in [-0.2, -0.15) is 0 Å². The van der Waals surface area contributed by atoms with E-state index in [2.05, 4.69) is 5.32 Å². The van der Waals surface area contributed by atoms with Crippen LogP contribution in [0.4, 0.5) is 5.69 Å². The van der Waals surface area contributed by atoms with Crippen molar-refractivity contribution in [2.75, 3.05) is 5.32 Å². The molecule has 1 aromatic heterocycles. The average Bonchev–Trinajstić information content (AvgIpc) is 2.89. The summed E-state index contributed by atoms with van der Waals surface area (Å²) in [5.41, 5.74) is 1.50. The van der Waals surface area contributed by atoms with Gasteiger partial charge in [-0.15, -0.1) is 0 Å². The summed E-state index contributed by atoms with van der Waals surface area (Å²) < 4.78 is 8.21. The van der Waals surface area contributed by atoms with Gasteiger partial charge in [-0.1, -0.05) is 29.0 Å². The molecule has 0 spiro atoms. The van der Waals surface area contributed by atoms with E-state index in [4.69, 9.17) is 16.3 Å². The molecule has 0 aliphatic rings. The molecule has 0 saturated heterocycles. The molecule has 1 amide bonds. The summed E-state index contributed by atoms with van der Waals surface area (Å²) in [6.07, 6.45) is -0.692. The maximum atomic E-state index is 12.4. The minimum Gasteiger partial charge on any atom is -0.481 e. The highest BCUT2D eigenvalue weighted by Gasteiger charge is 2.16. The molecule has 0 fully saturated rings. The molecule has 3 rings (SSSR count). The van der Waals surface area contributed by atoms with Gasteiger partial charge in [-0.3, -0.25) is 14.2 Å². The maximum absolute atomic E-state index is 12.4. The normalized spacial score (nSPS) is 12.3. The van der Waals surface area contributed by atoms with Crippen LogP contribution in [0, 0.1) is 0 Å². The van der Waals surface area contributed by atoms with E-state index in [1.165, 1.54) is 11.3 Å². The SMILES string of the molecule is CC(C)n1c(=O)sc2cc(NC(=O)[C@H](C)Oc3cccc(Cl)c3)ccc21. The van der Waals surface area contributed by atoms with Gasteiger partial charge in [0.05, 0.1) is 10.2 Å². The van der Waals surface area contributed by atoms with E-state index in [9.17, 15) is 9.59 Å². The standard InChI is InChI=1S/C19H19ClN2O3S/c1-11(2)22-16-8-7-14(10-17(16)26-19(22)24)21-18(23)12(3)25-15-6-4-5-13(20)9-15/h4-12H,1-3H3,(H,21,23)/t12-/m0/s1. The first-order chi connectivity index (χ1) is 12.3. The Hall–Kier alpha value is -2.31. The number of anilines is 1. The number of benzene rings is 2. The van der Waals surface area contributed by atoms with Crippen molar-refractivity contribution in [3.05, 3.63) is 57.2 Å². The van der Waals surface area contributed by atoms with Crippen molar-refractivity contribution in [1.82, 2.24) is 4.57 Å². The molecule has 7 heteroatoms. The number of hydrogen-bond acceptors (Lipinski definition) is 4. The van der Waals surface area contributed by atoms with Gasteiger partial charge in [-0.05, 0) is 57.2 Å². The molecule has 0 aliphatic carbocycles. The first-order valence-corrected chi connectivity index (χ1v) is 9.43. The molecule has 0 radical (unpaired) electrons. The van der Waals surface area contributed by atoms with Crippen LogP contribution in [0.15, 0.2) is 47.3 Å². The van der Waals surface area contributed by atoms with Crippen LogP contribution >= 0.6 is 22.9 Å². The van der Waals surface area contributed by atoms with E-state index in [0.29, 0.717) is 16.5 Å². The molecule has 136 valence electrons. The third-order valence-electron chi connectivity index (χ3n) is 3.88. The maximum Gasteiger partial charge on any atom is 0.308 e. The molecule has 1 N–H and O–H groups in total. The number of amides is 1. The number of fused-ring (bicyclic) bond motifs is 1. The van der Waals surface area contributed by atoms with E-state index in [1.54, 1.807) is 41.8 Å². The molecule has 26 heavy (non-hydrogen) atoms. The molecule has 0 unspecified atom stereocenters. The lowest BCUT2D eigenvalue weighted by atomic mass is 10.2. The topological polar surface area (TPSA) is 60.3 Å². The van der Waals surface area contributed by atoms with Gasteiger partial charge in [-0.25, -0.2) is 0 Å². The number of hydrogen-bond donors (Lipinski definition) is 1. The summed E-state index contributed by atoms with van der Waals surface area (Å²) >= 11 is 7.09. The lowest BCUT2D eigenvalue weighted by Gasteiger charge is -2.15. The first kappa shape index (κ1) is 18.5. The van der Waals surface area contributed by atoms with E-state index in [1.807, 2.05) is 26.0 Å². The summed E-state index contributed by atoms with van der Waals surface area (Å²) in [4.78, 5) is 24.5. The van der Waals surface area contributed by atoms with Crippen LogP contribution in [0.5, 0.6) is 5.75 Å². The Labute approximate surface area is 160 Å². The number of ether oxygens (including phenoxy) is 1. The van der Waals surface area contributed by atoms with E-state index in [0.717, 1.165) is 10.2 Å². The number of thiazole rings is 1. The first-order valence-electron chi connectivity index (χ1n) is 8.23. The van der Waals surface area contributed by atoms with Gasteiger partial charge >= 0.3 is 4.87 Å². The Kier molecular flexibility index (Phi) is 5.34. The fourth-order valence-electron chi connectivity index (χ4n) is 2.65. The van der Waals surface area contributed by atoms with Crippen molar-refractivity contribution < 1.29 is 9.53 Å². The molecular formula is C19H19ClN2O3S. The zero-order chi connectivity index (χ0) is 18.8.